The Labute approximate surface area is 155 Å². The maximum absolute atomic E-state index is 12.6. The van der Waals surface area contributed by atoms with Crippen molar-refractivity contribution in [3.8, 4) is 11.1 Å². The highest BCUT2D eigenvalue weighted by Gasteiger charge is 2.17. The van der Waals surface area contributed by atoms with Gasteiger partial charge in [-0.15, -0.1) is 0 Å². The Hall–Kier alpha value is -3.29. The standard InChI is InChI=1S/C20H15NO5S/c21-27(25,26)16-11-9-14(10-12-16)13-5-7-15(8-6-13)19(22)17-3-1-2-4-18(17)20(23)24/h1-12H,(H,23,24)(H2,21,25,26). The van der Waals surface area contributed by atoms with E-state index in [9.17, 15) is 23.1 Å². The van der Waals surface area contributed by atoms with Crippen molar-refractivity contribution in [2.24, 2.45) is 5.14 Å². The zero-order valence-electron chi connectivity index (χ0n) is 14.0. The van der Waals surface area contributed by atoms with Crippen LogP contribution in [0.5, 0.6) is 0 Å². The molecule has 0 aromatic heterocycles. The van der Waals surface area contributed by atoms with E-state index in [4.69, 9.17) is 5.14 Å². The van der Waals surface area contributed by atoms with Crippen molar-refractivity contribution < 1.29 is 23.1 Å². The fourth-order valence-corrected chi connectivity index (χ4v) is 3.19. The molecule has 3 aromatic carbocycles. The first-order valence-electron chi connectivity index (χ1n) is 7.88. The van der Waals surface area contributed by atoms with Crippen LogP contribution in [0.1, 0.15) is 26.3 Å². The van der Waals surface area contributed by atoms with Crippen LogP contribution in [0.2, 0.25) is 0 Å². The molecule has 0 atom stereocenters. The lowest BCUT2D eigenvalue weighted by Crippen LogP contribution is -2.11. The molecule has 3 aromatic rings. The van der Waals surface area contributed by atoms with Crippen molar-refractivity contribution in [3.63, 3.8) is 0 Å². The summed E-state index contributed by atoms with van der Waals surface area (Å²) in [5, 5.41) is 14.3. The second-order valence-electron chi connectivity index (χ2n) is 5.83. The number of hydrogen-bond acceptors (Lipinski definition) is 4. The van der Waals surface area contributed by atoms with Gasteiger partial charge in [0.05, 0.1) is 10.5 Å². The molecule has 7 heteroatoms. The highest BCUT2D eigenvalue weighted by Crippen LogP contribution is 2.23. The minimum atomic E-state index is -3.75. The molecule has 6 nitrogen and oxygen atoms in total. The highest BCUT2D eigenvalue weighted by atomic mass is 32.2. The molecular formula is C20H15NO5S. The van der Waals surface area contributed by atoms with Crippen LogP contribution in [0.15, 0.2) is 77.7 Å². The number of sulfonamides is 1. The first-order valence-corrected chi connectivity index (χ1v) is 9.42. The lowest BCUT2D eigenvalue weighted by atomic mass is 9.96. The first-order chi connectivity index (χ1) is 12.8. The van der Waals surface area contributed by atoms with E-state index in [2.05, 4.69) is 0 Å². The van der Waals surface area contributed by atoms with Gasteiger partial charge in [0, 0.05) is 11.1 Å². The van der Waals surface area contributed by atoms with Gasteiger partial charge in [0.1, 0.15) is 0 Å². The molecule has 0 aliphatic carbocycles. The van der Waals surface area contributed by atoms with Crippen molar-refractivity contribution in [1.29, 1.82) is 0 Å². The molecule has 3 rings (SSSR count). The second kappa shape index (κ2) is 7.14. The molecule has 0 radical (unpaired) electrons. The first kappa shape index (κ1) is 18.5. The van der Waals surface area contributed by atoms with Gasteiger partial charge in [0.25, 0.3) is 0 Å². The zero-order valence-corrected chi connectivity index (χ0v) is 14.8. The topological polar surface area (TPSA) is 115 Å². The van der Waals surface area contributed by atoms with Gasteiger partial charge in [0.2, 0.25) is 10.0 Å². The predicted octanol–water partition coefficient (Wildman–Crippen LogP) is 2.93. The average Bonchev–Trinajstić information content (AvgIpc) is 2.67. The number of primary sulfonamides is 1. The normalized spacial score (nSPS) is 11.1. The van der Waals surface area contributed by atoms with Crippen LogP contribution in [-0.4, -0.2) is 25.3 Å². The smallest absolute Gasteiger partial charge is 0.336 e. The number of carbonyl (C=O) groups excluding carboxylic acids is 1. The summed E-state index contributed by atoms with van der Waals surface area (Å²) >= 11 is 0. The summed E-state index contributed by atoms with van der Waals surface area (Å²) in [7, 11) is -3.75. The van der Waals surface area contributed by atoms with Crippen molar-refractivity contribution in [1.82, 2.24) is 0 Å². The number of benzene rings is 3. The zero-order chi connectivity index (χ0) is 19.6. The largest absolute Gasteiger partial charge is 0.478 e. The Bertz CT molecular complexity index is 1120. The van der Waals surface area contributed by atoms with E-state index in [0.717, 1.165) is 11.1 Å². The van der Waals surface area contributed by atoms with Gasteiger partial charge in [-0.1, -0.05) is 54.6 Å². The minimum absolute atomic E-state index is 0.0170. The molecule has 136 valence electrons. The summed E-state index contributed by atoms with van der Waals surface area (Å²) in [6.45, 7) is 0. The third kappa shape index (κ3) is 3.94. The SMILES string of the molecule is NS(=O)(=O)c1ccc(-c2ccc(C(=O)c3ccccc3C(=O)O)cc2)cc1. The third-order valence-electron chi connectivity index (χ3n) is 4.07. The number of nitrogens with two attached hydrogens (primary N) is 1. The van der Waals surface area contributed by atoms with Crippen molar-refractivity contribution in [3.05, 3.63) is 89.5 Å². The Balaban J connectivity index is 1.90. The number of carbonyl (C=O) groups is 2. The number of carboxylic acids is 1. The molecule has 0 heterocycles. The lowest BCUT2D eigenvalue weighted by molar-refractivity contribution is 0.0692. The molecule has 0 unspecified atom stereocenters. The van der Waals surface area contributed by atoms with Crippen molar-refractivity contribution >= 4 is 21.8 Å². The average molecular weight is 381 g/mol. The molecule has 27 heavy (non-hydrogen) atoms. The molecule has 3 N–H and O–H groups in total. The molecule has 0 saturated heterocycles. The van der Waals surface area contributed by atoms with Crippen LogP contribution in [0.4, 0.5) is 0 Å². The van der Waals surface area contributed by atoms with E-state index < -0.39 is 16.0 Å². The Morgan fingerprint density at radius 2 is 1.22 bits per heavy atom. The van der Waals surface area contributed by atoms with E-state index in [1.807, 2.05) is 0 Å². The number of ketones is 1. The predicted molar refractivity (Wildman–Crippen MR) is 100 cm³/mol. The quantitative estimate of drug-likeness (QED) is 0.660. The summed E-state index contributed by atoms with van der Waals surface area (Å²) in [6.07, 6.45) is 0. The Kier molecular flexibility index (Phi) is 4.89. The van der Waals surface area contributed by atoms with Gasteiger partial charge >= 0.3 is 5.97 Å². The summed E-state index contributed by atoms with van der Waals surface area (Å²) in [6, 6.07) is 18.7. The monoisotopic (exact) mass is 381 g/mol. The summed E-state index contributed by atoms with van der Waals surface area (Å²) in [5.41, 5.74) is 1.96. The molecular weight excluding hydrogens is 366 g/mol. The summed E-state index contributed by atoms with van der Waals surface area (Å²) in [4.78, 5) is 23.9. The number of rotatable bonds is 5. The van der Waals surface area contributed by atoms with Crippen LogP contribution in [0.25, 0.3) is 11.1 Å². The molecule has 0 aliphatic rings. The van der Waals surface area contributed by atoms with Gasteiger partial charge in [-0.2, -0.15) is 0 Å². The third-order valence-corrected chi connectivity index (χ3v) is 4.99. The lowest BCUT2D eigenvalue weighted by Gasteiger charge is -2.07. The summed E-state index contributed by atoms with van der Waals surface area (Å²) in [5.74, 6) is -1.55. The molecule has 0 spiro atoms. The van der Waals surface area contributed by atoms with Gasteiger partial charge in [-0.05, 0) is 29.3 Å². The molecule has 0 fully saturated rings. The van der Waals surface area contributed by atoms with Gasteiger partial charge < -0.3 is 5.11 Å². The Morgan fingerprint density at radius 1 is 0.741 bits per heavy atom. The fraction of sp³-hybridized carbons (Fsp3) is 0. The van der Waals surface area contributed by atoms with E-state index in [-0.39, 0.29) is 21.8 Å². The van der Waals surface area contributed by atoms with Gasteiger partial charge in [0.15, 0.2) is 5.78 Å². The number of aromatic carboxylic acids is 1. The Morgan fingerprint density at radius 3 is 1.70 bits per heavy atom. The van der Waals surface area contributed by atoms with E-state index >= 15 is 0 Å². The number of carboxylic acid groups (broad SMARTS) is 1. The van der Waals surface area contributed by atoms with Gasteiger partial charge in [-0.3, -0.25) is 4.79 Å². The fourth-order valence-electron chi connectivity index (χ4n) is 2.67. The summed E-state index contributed by atoms with van der Waals surface area (Å²) < 4.78 is 22.6. The molecule has 0 bridgehead atoms. The molecule has 0 amide bonds. The maximum Gasteiger partial charge on any atom is 0.336 e. The van der Waals surface area contributed by atoms with Crippen LogP contribution in [0.3, 0.4) is 0 Å². The van der Waals surface area contributed by atoms with Crippen LogP contribution < -0.4 is 5.14 Å². The van der Waals surface area contributed by atoms with E-state index in [1.54, 1.807) is 48.5 Å². The van der Waals surface area contributed by atoms with Crippen LogP contribution >= 0.6 is 0 Å². The molecule has 0 aliphatic heterocycles. The maximum atomic E-state index is 12.6. The van der Waals surface area contributed by atoms with Crippen molar-refractivity contribution in [2.45, 2.75) is 4.90 Å². The van der Waals surface area contributed by atoms with Gasteiger partial charge in [-0.25, -0.2) is 18.4 Å². The van der Waals surface area contributed by atoms with E-state index in [0.29, 0.717) is 5.56 Å². The second-order valence-corrected chi connectivity index (χ2v) is 7.39. The van der Waals surface area contributed by atoms with Crippen LogP contribution in [-0.2, 0) is 10.0 Å². The van der Waals surface area contributed by atoms with E-state index in [1.165, 1.54) is 24.3 Å². The molecule has 0 saturated carbocycles. The minimum Gasteiger partial charge on any atom is -0.478 e. The van der Waals surface area contributed by atoms with Crippen molar-refractivity contribution in [2.75, 3.05) is 0 Å². The number of hydrogen-bond donors (Lipinski definition) is 2. The highest BCUT2D eigenvalue weighted by molar-refractivity contribution is 7.89. The van der Waals surface area contributed by atoms with Crippen LogP contribution in [0, 0.1) is 0 Å².